The van der Waals surface area contributed by atoms with Gasteiger partial charge in [0.1, 0.15) is 5.75 Å². The van der Waals surface area contributed by atoms with Crippen molar-refractivity contribution in [3.05, 3.63) is 29.8 Å². The number of hydrogen-bond donors (Lipinski definition) is 0. The molecular formula is C17H25NO2. The van der Waals surface area contributed by atoms with Gasteiger partial charge in [-0.2, -0.15) is 0 Å². The van der Waals surface area contributed by atoms with Gasteiger partial charge in [-0.3, -0.25) is 4.79 Å². The van der Waals surface area contributed by atoms with Crippen molar-refractivity contribution in [3.63, 3.8) is 0 Å². The fourth-order valence-corrected chi connectivity index (χ4v) is 2.88. The Balaban J connectivity index is 1.89. The van der Waals surface area contributed by atoms with Gasteiger partial charge in [-0.25, -0.2) is 0 Å². The summed E-state index contributed by atoms with van der Waals surface area (Å²) >= 11 is 0. The molecule has 0 radical (unpaired) electrons. The maximum Gasteiger partial charge on any atom is 0.226 e. The van der Waals surface area contributed by atoms with Crippen molar-refractivity contribution in [1.29, 1.82) is 0 Å². The molecule has 0 atom stereocenters. The number of carbonyl (C=O) groups is 1. The van der Waals surface area contributed by atoms with Crippen LogP contribution in [0.4, 0.5) is 0 Å². The molecule has 0 heterocycles. The quantitative estimate of drug-likeness (QED) is 0.844. The minimum Gasteiger partial charge on any atom is -0.497 e. The minimum atomic E-state index is 0.217. The van der Waals surface area contributed by atoms with Crippen molar-refractivity contribution in [3.8, 4) is 5.75 Å². The number of methoxy groups -OCH3 is 1. The Morgan fingerprint density at radius 1 is 1.20 bits per heavy atom. The average molecular weight is 275 g/mol. The molecule has 0 aliphatic heterocycles. The third-order valence-corrected chi connectivity index (χ3v) is 4.44. The first-order valence-electron chi connectivity index (χ1n) is 7.48. The highest BCUT2D eigenvalue weighted by Crippen LogP contribution is 2.26. The molecule has 2 rings (SSSR count). The molecule has 1 aliphatic rings. The van der Waals surface area contributed by atoms with Gasteiger partial charge in [-0.05, 0) is 49.3 Å². The molecule has 0 spiro atoms. The Bertz CT molecular complexity index is 433. The Morgan fingerprint density at radius 3 is 2.35 bits per heavy atom. The second-order valence-corrected chi connectivity index (χ2v) is 5.94. The van der Waals surface area contributed by atoms with E-state index in [0.717, 1.165) is 30.1 Å². The lowest BCUT2D eigenvalue weighted by molar-refractivity contribution is -0.132. The second-order valence-electron chi connectivity index (χ2n) is 5.94. The van der Waals surface area contributed by atoms with E-state index in [-0.39, 0.29) is 5.91 Å². The first kappa shape index (κ1) is 14.9. The van der Waals surface area contributed by atoms with Crippen LogP contribution >= 0.6 is 0 Å². The molecule has 110 valence electrons. The molecule has 0 aromatic heterocycles. The van der Waals surface area contributed by atoms with E-state index in [1.54, 1.807) is 7.11 Å². The highest BCUT2D eigenvalue weighted by molar-refractivity contribution is 5.78. The normalized spacial score (nSPS) is 22.4. The number of rotatable bonds is 4. The van der Waals surface area contributed by atoms with E-state index in [1.807, 2.05) is 36.2 Å². The second kappa shape index (κ2) is 6.78. The molecule has 1 aromatic rings. The molecule has 0 saturated heterocycles. The van der Waals surface area contributed by atoms with E-state index in [1.165, 1.54) is 12.8 Å². The summed E-state index contributed by atoms with van der Waals surface area (Å²) in [4.78, 5) is 14.3. The molecular weight excluding hydrogens is 250 g/mol. The van der Waals surface area contributed by atoms with Gasteiger partial charge in [0.25, 0.3) is 0 Å². The Kier molecular flexibility index (Phi) is 5.05. The smallest absolute Gasteiger partial charge is 0.226 e. The van der Waals surface area contributed by atoms with Crippen molar-refractivity contribution in [2.45, 2.75) is 45.1 Å². The van der Waals surface area contributed by atoms with Gasteiger partial charge < -0.3 is 9.64 Å². The predicted octanol–water partition coefficient (Wildman–Crippen LogP) is 3.27. The molecule has 1 saturated carbocycles. The summed E-state index contributed by atoms with van der Waals surface area (Å²) in [5.74, 6) is 1.86. The molecule has 3 nitrogen and oxygen atoms in total. The van der Waals surface area contributed by atoms with E-state index < -0.39 is 0 Å². The van der Waals surface area contributed by atoms with E-state index in [9.17, 15) is 4.79 Å². The van der Waals surface area contributed by atoms with Crippen molar-refractivity contribution in [2.24, 2.45) is 5.92 Å². The van der Waals surface area contributed by atoms with Gasteiger partial charge in [-0.15, -0.1) is 0 Å². The maximum atomic E-state index is 12.3. The van der Waals surface area contributed by atoms with Crippen molar-refractivity contribution in [1.82, 2.24) is 4.90 Å². The van der Waals surface area contributed by atoms with Crippen LogP contribution in [0.2, 0.25) is 0 Å². The Labute approximate surface area is 121 Å². The number of hydrogen-bond acceptors (Lipinski definition) is 2. The van der Waals surface area contributed by atoms with Crippen LogP contribution in [0.3, 0.4) is 0 Å². The predicted molar refractivity (Wildman–Crippen MR) is 80.9 cm³/mol. The number of carbonyl (C=O) groups excluding carboxylic acids is 1. The monoisotopic (exact) mass is 275 g/mol. The lowest BCUT2D eigenvalue weighted by Crippen LogP contribution is -2.40. The van der Waals surface area contributed by atoms with E-state index >= 15 is 0 Å². The van der Waals surface area contributed by atoms with Gasteiger partial charge in [-0.1, -0.05) is 19.1 Å². The molecule has 3 heteroatoms. The Hall–Kier alpha value is -1.51. The van der Waals surface area contributed by atoms with Crippen LogP contribution in [0.5, 0.6) is 5.75 Å². The molecule has 1 fully saturated rings. The molecule has 20 heavy (non-hydrogen) atoms. The molecule has 0 bridgehead atoms. The zero-order chi connectivity index (χ0) is 14.5. The number of nitrogens with zero attached hydrogens (tertiary/aromatic N) is 1. The van der Waals surface area contributed by atoms with Crippen LogP contribution in [-0.2, 0) is 11.2 Å². The zero-order valence-electron chi connectivity index (χ0n) is 12.8. The van der Waals surface area contributed by atoms with Gasteiger partial charge in [0, 0.05) is 13.1 Å². The summed E-state index contributed by atoms with van der Waals surface area (Å²) in [5, 5.41) is 0. The van der Waals surface area contributed by atoms with Crippen LogP contribution in [0.25, 0.3) is 0 Å². The minimum absolute atomic E-state index is 0.217. The lowest BCUT2D eigenvalue weighted by atomic mass is 9.86. The third kappa shape index (κ3) is 3.75. The summed E-state index contributed by atoms with van der Waals surface area (Å²) < 4.78 is 5.13. The van der Waals surface area contributed by atoms with Crippen molar-refractivity contribution >= 4 is 5.91 Å². The molecule has 0 N–H and O–H groups in total. The van der Waals surface area contributed by atoms with E-state index in [2.05, 4.69) is 6.92 Å². The highest BCUT2D eigenvalue weighted by Gasteiger charge is 2.24. The van der Waals surface area contributed by atoms with Gasteiger partial charge in [0.05, 0.1) is 13.5 Å². The summed E-state index contributed by atoms with van der Waals surface area (Å²) in [5.41, 5.74) is 1.05. The zero-order valence-corrected chi connectivity index (χ0v) is 12.8. The molecule has 0 unspecified atom stereocenters. The van der Waals surface area contributed by atoms with Crippen molar-refractivity contribution < 1.29 is 9.53 Å². The van der Waals surface area contributed by atoms with Gasteiger partial charge in [0.15, 0.2) is 0 Å². The van der Waals surface area contributed by atoms with E-state index in [4.69, 9.17) is 4.74 Å². The van der Waals surface area contributed by atoms with Crippen LogP contribution in [-0.4, -0.2) is 31.0 Å². The third-order valence-electron chi connectivity index (χ3n) is 4.44. The van der Waals surface area contributed by atoms with Crippen LogP contribution in [0.15, 0.2) is 24.3 Å². The lowest BCUT2D eigenvalue weighted by Gasteiger charge is -2.33. The topological polar surface area (TPSA) is 29.5 Å². The van der Waals surface area contributed by atoms with E-state index in [0.29, 0.717) is 12.5 Å². The highest BCUT2D eigenvalue weighted by atomic mass is 16.5. The van der Waals surface area contributed by atoms with Crippen LogP contribution in [0, 0.1) is 5.92 Å². The summed E-state index contributed by atoms with van der Waals surface area (Å²) in [6.45, 7) is 2.30. The fraction of sp³-hybridized carbons (Fsp3) is 0.588. The van der Waals surface area contributed by atoms with Gasteiger partial charge in [0.2, 0.25) is 5.91 Å². The Morgan fingerprint density at radius 2 is 1.80 bits per heavy atom. The maximum absolute atomic E-state index is 12.3. The van der Waals surface area contributed by atoms with Gasteiger partial charge >= 0.3 is 0 Å². The van der Waals surface area contributed by atoms with Crippen LogP contribution in [0.1, 0.15) is 38.2 Å². The number of likely N-dealkylation sites (N-methyl/N-ethyl adjacent to an activating group) is 1. The summed E-state index contributed by atoms with van der Waals surface area (Å²) in [6, 6.07) is 8.17. The number of ether oxygens (including phenoxy) is 1. The number of amides is 1. The standard InChI is InChI=1S/C17H25NO2/c1-13-4-8-15(9-5-13)18(2)17(19)12-14-6-10-16(20-3)11-7-14/h6-7,10-11,13,15H,4-5,8-9,12H2,1-3H3. The largest absolute Gasteiger partial charge is 0.497 e. The molecule has 1 aromatic carbocycles. The molecule has 1 amide bonds. The van der Waals surface area contributed by atoms with Crippen molar-refractivity contribution in [2.75, 3.05) is 14.2 Å². The summed E-state index contributed by atoms with van der Waals surface area (Å²) in [6.07, 6.45) is 5.25. The first-order chi connectivity index (χ1) is 9.60. The summed E-state index contributed by atoms with van der Waals surface area (Å²) in [7, 11) is 3.60. The van der Waals surface area contributed by atoms with Crippen LogP contribution < -0.4 is 4.74 Å². The average Bonchev–Trinajstić information content (AvgIpc) is 2.48. The SMILES string of the molecule is COc1ccc(CC(=O)N(C)C2CCC(C)CC2)cc1. The molecule has 1 aliphatic carbocycles. The fourth-order valence-electron chi connectivity index (χ4n) is 2.88. The first-order valence-corrected chi connectivity index (χ1v) is 7.48. The number of benzene rings is 1.